The second-order valence-electron chi connectivity index (χ2n) is 5.19. The molecule has 0 amide bonds. The minimum absolute atomic E-state index is 0.789. The number of benzene rings is 2. The summed E-state index contributed by atoms with van der Waals surface area (Å²) in [5.41, 5.74) is 4.46. The zero-order valence-corrected chi connectivity index (χ0v) is 11.5. The largest absolute Gasteiger partial charge is 0.380 e. The molecular formula is C17H21NO. The van der Waals surface area contributed by atoms with Gasteiger partial charge in [-0.25, -0.2) is 0 Å². The van der Waals surface area contributed by atoms with Gasteiger partial charge in [0.1, 0.15) is 0 Å². The summed E-state index contributed by atoms with van der Waals surface area (Å²) in [5, 5.41) is 6.04. The molecule has 2 nitrogen and oxygen atoms in total. The van der Waals surface area contributed by atoms with E-state index in [0.29, 0.717) is 0 Å². The summed E-state index contributed by atoms with van der Waals surface area (Å²) in [4.78, 5) is 0. The van der Waals surface area contributed by atoms with Gasteiger partial charge in [0.15, 0.2) is 0 Å². The molecule has 1 aliphatic carbocycles. The zero-order chi connectivity index (χ0) is 13.1. The Balaban J connectivity index is 1.78. The molecule has 3 rings (SSSR count). The van der Waals surface area contributed by atoms with Gasteiger partial charge in [0.2, 0.25) is 0 Å². The monoisotopic (exact) mass is 255 g/mol. The molecule has 0 unspecified atom stereocenters. The van der Waals surface area contributed by atoms with E-state index >= 15 is 0 Å². The highest BCUT2D eigenvalue weighted by molar-refractivity contribution is 5.93. The average Bonchev–Trinajstić information content (AvgIpc) is 2.86. The Hall–Kier alpha value is -1.38. The minimum Gasteiger partial charge on any atom is -0.380 e. The number of aryl methyl sites for hydroxylation is 2. The molecule has 1 N–H and O–H groups in total. The Morgan fingerprint density at radius 2 is 1.89 bits per heavy atom. The van der Waals surface area contributed by atoms with Crippen LogP contribution in [0.1, 0.15) is 16.7 Å². The van der Waals surface area contributed by atoms with Crippen LogP contribution >= 0.6 is 0 Å². The van der Waals surface area contributed by atoms with Crippen LogP contribution in [0.25, 0.3) is 10.8 Å². The molecule has 2 heteroatoms. The Labute approximate surface area is 114 Å². The van der Waals surface area contributed by atoms with Crippen molar-refractivity contribution in [2.45, 2.75) is 19.3 Å². The summed E-state index contributed by atoms with van der Waals surface area (Å²) in [6, 6.07) is 11.3. The van der Waals surface area contributed by atoms with Gasteiger partial charge in [0, 0.05) is 6.54 Å². The third-order valence-electron chi connectivity index (χ3n) is 3.98. The molecule has 100 valence electrons. The molecular weight excluding hydrogens is 234 g/mol. The quantitative estimate of drug-likeness (QED) is 0.801. The van der Waals surface area contributed by atoms with E-state index in [1.165, 1.54) is 40.3 Å². The Bertz CT molecular complexity index is 566. The number of likely N-dealkylation sites (N-methyl/N-ethyl adjacent to an activating group) is 1. The van der Waals surface area contributed by atoms with Crippen LogP contribution in [-0.4, -0.2) is 26.8 Å². The van der Waals surface area contributed by atoms with E-state index in [0.717, 1.165) is 26.2 Å². The Morgan fingerprint density at radius 3 is 2.74 bits per heavy atom. The van der Waals surface area contributed by atoms with E-state index in [2.05, 4.69) is 35.6 Å². The molecule has 2 aromatic rings. The van der Waals surface area contributed by atoms with Crippen molar-refractivity contribution in [3.8, 4) is 0 Å². The molecule has 0 saturated heterocycles. The maximum Gasteiger partial charge on any atom is 0.0590 e. The van der Waals surface area contributed by atoms with Crippen molar-refractivity contribution in [3.63, 3.8) is 0 Å². The fraction of sp³-hybridized carbons (Fsp3) is 0.412. The van der Waals surface area contributed by atoms with E-state index in [9.17, 15) is 0 Å². The van der Waals surface area contributed by atoms with Gasteiger partial charge in [0.25, 0.3) is 0 Å². The van der Waals surface area contributed by atoms with Crippen LogP contribution in [0.2, 0.25) is 0 Å². The summed E-state index contributed by atoms with van der Waals surface area (Å²) in [6.45, 7) is 2.52. The second-order valence-corrected chi connectivity index (χ2v) is 5.19. The van der Waals surface area contributed by atoms with Crippen molar-refractivity contribution in [1.29, 1.82) is 0 Å². The van der Waals surface area contributed by atoms with Gasteiger partial charge < -0.3 is 10.1 Å². The van der Waals surface area contributed by atoms with Crippen molar-refractivity contribution in [1.82, 2.24) is 5.32 Å². The number of hydrogen-bond donors (Lipinski definition) is 1. The Morgan fingerprint density at radius 1 is 1.05 bits per heavy atom. The lowest BCUT2D eigenvalue weighted by molar-refractivity contribution is 0.140. The van der Waals surface area contributed by atoms with Crippen LogP contribution in [-0.2, 0) is 24.0 Å². The van der Waals surface area contributed by atoms with Crippen LogP contribution in [0, 0.1) is 0 Å². The molecule has 0 aromatic heterocycles. The molecule has 1 aliphatic rings. The van der Waals surface area contributed by atoms with E-state index in [4.69, 9.17) is 4.74 Å². The first-order valence-electron chi connectivity index (χ1n) is 7.15. The van der Waals surface area contributed by atoms with Crippen LogP contribution in [0.5, 0.6) is 0 Å². The summed E-state index contributed by atoms with van der Waals surface area (Å²) in [7, 11) is 1.95. The second kappa shape index (κ2) is 5.72. The molecule has 0 atom stereocenters. The molecule has 2 aromatic carbocycles. The van der Waals surface area contributed by atoms with Gasteiger partial charge in [-0.05, 0) is 53.8 Å². The molecule has 0 spiro atoms. The van der Waals surface area contributed by atoms with Crippen LogP contribution in [0.3, 0.4) is 0 Å². The van der Waals surface area contributed by atoms with Crippen LogP contribution < -0.4 is 5.32 Å². The number of nitrogens with one attached hydrogen (secondary N) is 1. The standard InChI is InChI=1S/C17H21NO/c1-18-10-12-19-11-9-13-5-6-15-8-7-14-3-2-4-16(13)17(14)15/h2-6,18H,7-12H2,1H3. The first-order chi connectivity index (χ1) is 9.40. The number of ether oxygens (including phenoxy) is 1. The summed E-state index contributed by atoms with van der Waals surface area (Å²) in [6.07, 6.45) is 3.41. The molecule has 0 aliphatic heterocycles. The topological polar surface area (TPSA) is 21.3 Å². The van der Waals surface area contributed by atoms with Gasteiger partial charge in [0.05, 0.1) is 13.2 Å². The predicted molar refractivity (Wildman–Crippen MR) is 79.8 cm³/mol. The molecule has 0 heterocycles. The highest BCUT2D eigenvalue weighted by atomic mass is 16.5. The highest BCUT2D eigenvalue weighted by Gasteiger charge is 2.15. The predicted octanol–water partition coefficient (Wildman–Crippen LogP) is 2.72. The zero-order valence-electron chi connectivity index (χ0n) is 11.5. The maximum atomic E-state index is 5.64. The summed E-state index contributed by atoms with van der Waals surface area (Å²) >= 11 is 0. The first kappa shape index (κ1) is 12.6. The fourth-order valence-corrected chi connectivity index (χ4v) is 2.98. The maximum absolute atomic E-state index is 5.64. The lowest BCUT2D eigenvalue weighted by atomic mass is 9.98. The van der Waals surface area contributed by atoms with Crippen molar-refractivity contribution >= 4 is 10.8 Å². The number of rotatable bonds is 6. The van der Waals surface area contributed by atoms with Crippen molar-refractivity contribution in [2.75, 3.05) is 26.8 Å². The molecule has 0 saturated carbocycles. The van der Waals surface area contributed by atoms with Crippen molar-refractivity contribution in [3.05, 3.63) is 47.0 Å². The summed E-state index contributed by atoms with van der Waals surface area (Å²) in [5.74, 6) is 0. The SMILES string of the molecule is CNCCOCCc1ccc2c3c(cccc13)CC2. The molecule has 0 bridgehead atoms. The third kappa shape index (κ3) is 2.51. The lowest BCUT2D eigenvalue weighted by Crippen LogP contribution is -2.15. The number of hydrogen-bond acceptors (Lipinski definition) is 2. The molecule has 19 heavy (non-hydrogen) atoms. The van der Waals surface area contributed by atoms with Crippen molar-refractivity contribution < 1.29 is 4.74 Å². The van der Waals surface area contributed by atoms with E-state index < -0.39 is 0 Å². The van der Waals surface area contributed by atoms with E-state index in [-0.39, 0.29) is 0 Å². The molecule has 0 fully saturated rings. The summed E-state index contributed by atoms with van der Waals surface area (Å²) < 4.78 is 5.64. The smallest absolute Gasteiger partial charge is 0.0590 e. The minimum atomic E-state index is 0.789. The van der Waals surface area contributed by atoms with Crippen LogP contribution in [0.4, 0.5) is 0 Å². The van der Waals surface area contributed by atoms with E-state index in [1.54, 1.807) is 0 Å². The van der Waals surface area contributed by atoms with Crippen molar-refractivity contribution in [2.24, 2.45) is 0 Å². The van der Waals surface area contributed by atoms with Gasteiger partial charge in [-0.2, -0.15) is 0 Å². The molecule has 0 radical (unpaired) electrons. The van der Waals surface area contributed by atoms with Crippen LogP contribution in [0.15, 0.2) is 30.3 Å². The van der Waals surface area contributed by atoms with Gasteiger partial charge >= 0.3 is 0 Å². The fourth-order valence-electron chi connectivity index (χ4n) is 2.98. The Kier molecular flexibility index (Phi) is 3.81. The highest BCUT2D eigenvalue weighted by Crippen LogP contribution is 2.32. The third-order valence-corrected chi connectivity index (χ3v) is 3.98. The van der Waals surface area contributed by atoms with Gasteiger partial charge in [-0.1, -0.05) is 30.3 Å². The lowest BCUT2D eigenvalue weighted by Gasteiger charge is -2.09. The first-order valence-corrected chi connectivity index (χ1v) is 7.15. The normalized spacial score (nSPS) is 13.3. The van der Waals surface area contributed by atoms with Gasteiger partial charge in [-0.3, -0.25) is 0 Å². The van der Waals surface area contributed by atoms with E-state index in [1.807, 2.05) is 7.05 Å². The average molecular weight is 255 g/mol. The van der Waals surface area contributed by atoms with Gasteiger partial charge in [-0.15, -0.1) is 0 Å².